The van der Waals surface area contributed by atoms with E-state index in [9.17, 15) is 32.3 Å². The lowest BCUT2D eigenvalue weighted by Gasteiger charge is -2.31. The van der Waals surface area contributed by atoms with Gasteiger partial charge >= 0.3 is 12.2 Å². The molecule has 2 aliphatic heterocycles. The zero-order valence-corrected chi connectivity index (χ0v) is 20.4. The number of hydrogen-bond acceptors (Lipinski definition) is 8. The first-order valence-electron chi connectivity index (χ1n) is 11.1. The van der Waals surface area contributed by atoms with E-state index < -0.39 is 41.3 Å². The molecule has 3 heterocycles. The molecular weight excluding hydrogens is 533 g/mol. The van der Waals surface area contributed by atoms with E-state index in [1.165, 1.54) is 24.4 Å². The lowest BCUT2D eigenvalue weighted by molar-refractivity contribution is -0.209. The zero-order chi connectivity index (χ0) is 27.8. The average molecular weight is 553 g/mol. The van der Waals surface area contributed by atoms with Crippen molar-refractivity contribution >= 4 is 47.2 Å². The molecule has 3 N–H and O–H groups in total. The minimum Gasteiger partial charge on any atom is -0.378 e. The summed E-state index contributed by atoms with van der Waals surface area (Å²) in [4.78, 5) is 58.6. The predicted molar refractivity (Wildman–Crippen MR) is 127 cm³/mol. The summed E-state index contributed by atoms with van der Waals surface area (Å²) in [7, 11) is 0. The number of benzene rings is 1. The monoisotopic (exact) mass is 552 g/mol. The number of imide groups is 2. The number of anilines is 1. The number of ether oxygens (including phenoxy) is 1. The van der Waals surface area contributed by atoms with Crippen molar-refractivity contribution in [3.8, 4) is 0 Å². The Labute approximate surface area is 218 Å². The second kappa shape index (κ2) is 10.1. The van der Waals surface area contributed by atoms with Crippen LogP contribution in [0.1, 0.15) is 34.6 Å². The number of rotatable bonds is 5. The average Bonchev–Trinajstić information content (AvgIpc) is 3.09. The largest absolute Gasteiger partial charge is 0.421 e. The van der Waals surface area contributed by atoms with Gasteiger partial charge in [-0.15, -0.1) is 0 Å². The molecule has 0 radical (unpaired) electrons. The van der Waals surface area contributed by atoms with E-state index in [0.29, 0.717) is 31.8 Å². The highest BCUT2D eigenvalue weighted by molar-refractivity contribution is 6.34. The number of halogens is 4. The highest BCUT2D eigenvalue weighted by atomic mass is 35.5. The van der Waals surface area contributed by atoms with Gasteiger partial charge in [-0.1, -0.05) is 17.7 Å². The molecule has 0 bridgehead atoms. The van der Waals surface area contributed by atoms with Crippen molar-refractivity contribution in [3.63, 3.8) is 0 Å². The molecule has 2 aliphatic rings. The van der Waals surface area contributed by atoms with Gasteiger partial charge in [-0.2, -0.15) is 13.2 Å². The molecule has 5 amide bonds. The molecule has 1 aromatic carbocycles. The van der Waals surface area contributed by atoms with Gasteiger partial charge < -0.3 is 15.8 Å². The molecule has 2 unspecified atom stereocenters. The van der Waals surface area contributed by atoms with E-state index in [2.05, 4.69) is 15.3 Å². The number of urea groups is 1. The minimum atomic E-state index is -5.33. The lowest BCUT2D eigenvalue weighted by Crippen LogP contribution is -2.59. The van der Waals surface area contributed by atoms with Gasteiger partial charge in [0, 0.05) is 12.6 Å². The summed E-state index contributed by atoms with van der Waals surface area (Å²) in [5, 5.41) is 3.15. The van der Waals surface area contributed by atoms with Crippen molar-refractivity contribution in [1.29, 1.82) is 0 Å². The Morgan fingerprint density at radius 3 is 2.58 bits per heavy atom. The van der Waals surface area contributed by atoms with Crippen LogP contribution in [0.3, 0.4) is 0 Å². The number of amides is 5. The Bertz CT molecular complexity index is 1330. The van der Waals surface area contributed by atoms with Crippen LogP contribution in [0.15, 0.2) is 36.7 Å². The molecule has 4 rings (SSSR count). The second-order valence-electron chi connectivity index (χ2n) is 8.48. The topological polar surface area (TPSA) is 148 Å². The zero-order valence-electron chi connectivity index (χ0n) is 19.7. The fraction of sp³-hybridized carbons (Fsp3) is 0.304. The number of carbonyl (C=O) groups excluding carboxylic acids is 4. The Morgan fingerprint density at radius 1 is 1.26 bits per heavy atom. The van der Waals surface area contributed by atoms with Gasteiger partial charge in [0.2, 0.25) is 11.4 Å². The van der Waals surface area contributed by atoms with Crippen LogP contribution in [0.2, 0.25) is 5.02 Å². The molecule has 2 atom stereocenters. The smallest absolute Gasteiger partial charge is 0.378 e. The van der Waals surface area contributed by atoms with Gasteiger partial charge in [0.05, 0.1) is 47.9 Å². The van der Waals surface area contributed by atoms with Crippen molar-refractivity contribution in [3.05, 3.63) is 58.5 Å². The van der Waals surface area contributed by atoms with Gasteiger partial charge in [-0.25, -0.2) is 19.6 Å². The molecule has 1 aromatic heterocycles. The van der Waals surface area contributed by atoms with Gasteiger partial charge in [0.1, 0.15) is 0 Å². The molecule has 38 heavy (non-hydrogen) atoms. The third kappa shape index (κ3) is 4.73. The number of nitrogens with two attached hydrogens (primary N) is 1. The van der Waals surface area contributed by atoms with E-state index >= 15 is 0 Å². The van der Waals surface area contributed by atoms with Crippen LogP contribution in [0.4, 0.5) is 23.8 Å². The predicted octanol–water partition coefficient (Wildman–Crippen LogP) is 2.22. The van der Waals surface area contributed by atoms with Crippen molar-refractivity contribution in [1.82, 2.24) is 20.2 Å². The molecule has 11 nitrogen and oxygen atoms in total. The fourth-order valence-electron chi connectivity index (χ4n) is 3.92. The van der Waals surface area contributed by atoms with Gasteiger partial charge in [-0.3, -0.25) is 19.4 Å². The molecule has 2 fully saturated rings. The van der Waals surface area contributed by atoms with Crippen LogP contribution in [-0.2, 0) is 14.3 Å². The Kier molecular flexibility index (Phi) is 7.23. The summed E-state index contributed by atoms with van der Waals surface area (Å²) in [5.41, 5.74) is 2.18. The number of nitrogens with one attached hydrogen (secondary N) is 1. The van der Waals surface area contributed by atoms with Crippen LogP contribution in [-0.4, -0.2) is 70.1 Å². The molecule has 2 saturated heterocycles. The maximum atomic E-state index is 14.2. The SMILES string of the molecule is CC1(C(F)(F)F)C(=O)N(c2cnc(C3COCCN3)cn2)C(=O)N1C(=O)/C=C/c1ccc(Cl)c(C(N)=O)c1. The Hall–Kier alpha value is -3.88. The number of primary amides is 1. The van der Waals surface area contributed by atoms with Gasteiger partial charge in [0.15, 0.2) is 5.82 Å². The number of nitrogens with zero attached hydrogens (tertiary/aromatic N) is 4. The lowest BCUT2D eigenvalue weighted by atomic mass is 9.99. The third-order valence-electron chi connectivity index (χ3n) is 6.06. The quantitative estimate of drug-likeness (QED) is 0.424. The maximum absolute atomic E-state index is 14.2. The van der Waals surface area contributed by atoms with E-state index in [0.717, 1.165) is 12.3 Å². The van der Waals surface area contributed by atoms with Crippen LogP contribution in [0, 0.1) is 0 Å². The first kappa shape index (κ1) is 27.2. The first-order valence-corrected chi connectivity index (χ1v) is 11.4. The summed E-state index contributed by atoms with van der Waals surface area (Å²) in [5.74, 6) is -4.51. The third-order valence-corrected chi connectivity index (χ3v) is 6.39. The normalized spacial score (nSPS) is 22.4. The summed E-state index contributed by atoms with van der Waals surface area (Å²) >= 11 is 5.87. The van der Waals surface area contributed by atoms with Crippen molar-refractivity contribution in [2.75, 3.05) is 24.7 Å². The van der Waals surface area contributed by atoms with Gasteiger partial charge in [0.25, 0.3) is 11.8 Å². The van der Waals surface area contributed by atoms with E-state index in [1.54, 1.807) is 0 Å². The van der Waals surface area contributed by atoms with Crippen LogP contribution in [0.5, 0.6) is 0 Å². The van der Waals surface area contributed by atoms with Crippen LogP contribution < -0.4 is 16.0 Å². The van der Waals surface area contributed by atoms with Crippen molar-refractivity contribution in [2.45, 2.75) is 24.7 Å². The summed E-state index contributed by atoms with van der Waals surface area (Å²) < 4.78 is 47.9. The Balaban J connectivity index is 1.66. The fourth-order valence-corrected chi connectivity index (χ4v) is 4.13. The number of aromatic nitrogens is 2. The van der Waals surface area contributed by atoms with E-state index in [-0.39, 0.29) is 38.6 Å². The minimum absolute atomic E-state index is 0.0282. The van der Waals surface area contributed by atoms with Crippen molar-refractivity contribution < 1.29 is 37.1 Å². The highest BCUT2D eigenvalue weighted by Gasteiger charge is 2.71. The van der Waals surface area contributed by atoms with Crippen LogP contribution >= 0.6 is 11.6 Å². The van der Waals surface area contributed by atoms with E-state index in [1.807, 2.05) is 0 Å². The van der Waals surface area contributed by atoms with Crippen LogP contribution in [0.25, 0.3) is 6.08 Å². The molecular formula is C23H20ClF3N6O5. The molecule has 15 heteroatoms. The number of alkyl halides is 3. The highest BCUT2D eigenvalue weighted by Crippen LogP contribution is 2.43. The molecule has 0 aliphatic carbocycles. The standard InChI is InChI=1S/C23H20ClF3N6O5/c1-22(23(25,26)27)20(36)32(17-10-30-15(9-31-17)16-11-38-7-6-29-16)21(37)33(22)18(34)5-3-12-2-4-14(24)13(8-12)19(28)35/h2-5,8-10,16,29H,6-7,11H2,1H3,(H2,28,35)/b5-3+. The summed E-state index contributed by atoms with van der Waals surface area (Å²) in [6.45, 7) is 1.76. The molecule has 2 aromatic rings. The molecule has 200 valence electrons. The Morgan fingerprint density at radius 2 is 2.00 bits per heavy atom. The van der Waals surface area contributed by atoms with Crippen molar-refractivity contribution in [2.24, 2.45) is 5.73 Å². The summed E-state index contributed by atoms with van der Waals surface area (Å²) in [6, 6.07) is 1.99. The summed E-state index contributed by atoms with van der Waals surface area (Å²) in [6.07, 6.45) is -1.43. The van der Waals surface area contributed by atoms with Gasteiger partial charge in [-0.05, 0) is 30.7 Å². The number of hydrogen-bond donors (Lipinski definition) is 2. The first-order chi connectivity index (χ1) is 17.9. The number of carbonyl (C=O) groups is 4. The van der Waals surface area contributed by atoms with E-state index in [4.69, 9.17) is 22.1 Å². The molecule has 0 saturated carbocycles. The number of morpholine rings is 1. The second-order valence-corrected chi connectivity index (χ2v) is 8.89. The molecule has 0 spiro atoms. The maximum Gasteiger partial charge on any atom is 0.421 e.